The van der Waals surface area contributed by atoms with Gasteiger partial charge in [-0.3, -0.25) is 4.79 Å². The molecule has 1 aromatic rings. The highest BCUT2D eigenvalue weighted by molar-refractivity contribution is 5.90. The molecule has 0 spiro atoms. The van der Waals surface area contributed by atoms with Crippen molar-refractivity contribution in [2.24, 2.45) is 11.1 Å². The molecule has 3 nitrogen and oxygen atoms in total. The summed E-state index contributed by atoms with van der Waals surface area (Å²) in [5.41, 5.74) is 7.61. The molecule has 1 rings (SSSR count). The van der Waals surface area contributed by atoms with Crippen LogP contribution in [0.2, 0.25) is 0 Å². The second-order valence-corrected chi connectivity index (χ2v) is 5.51. The summed E-state index contributed by atoms with van der Waals surface area (Å²) in [5, 5.41) is 2.89. The highest BCUT2D eigenvalue weighted by Crippen LogP contribution is 2.21. The van der Waals surface area contributed by atoms with E-state index < -0.39 is 0 Å². The van der Waals surface area contributed by atoms with Crippen LogP contribution in [0.25, 0.3) is 0 Å². The standard InChI is InChI=1S/C14H22N2O.ClH/c1-14(2,3)9-8-13(17)16-12-6-4-11(10-15)5-7-12;/h4-7H,8-10,15H2,1-3H3,(H,16,17);1H. The topological polar surface area (TPSA) is 55.1 Å². The van der Waals surface area contributed by atoms with E-state index in [1.54, 1.807) is 0 Å². The largest absolute Gasteiger partial charge is 0.326 e. The van der Waals surface area contributed by atoms with Crippen LogP contribution in [0.1, 0.15) is 39.2 Å². The Morgan fingerprint density at radius 2 is 1.78 bits per heavy atom. The van der Waals surface area contributed by atoms with E-state index in [0.29, 0.717) is 13.0 Å². The van der Waals surface area contributed by atoms with Crippen molar-refractivity contribution in [2.75, 3.05) is 5.32 Å². The Hall–Kier alpha value is -1.06. The minimum Gasteiger partial charge on any atom is -0.326 e. The normalized spacial score (nSPS) is 10.7. The molecule has 0 aromatic heterocycles. The smallest absolute Gasteiger partial charge is 0.224 e. The molecule has 3 N–H and O–H groups in total. The molecule has 102 valence electrons. The Labute approximate surface area is 116 Å². The lowest BCUT2D eigenvalue weighted by Crippen LogP contribution is -2.15. The number of anilines is 1. The second-order valence-electron chi connectivity index (χ2n) is 5.51. The first kappa shape index (κ1) is 16.9. The molecule has 0 fully saturated rings. The lowest BCUT2D eigenvalue weighted by atomic mass is 9.90. The van der Waals surface area contributed by atoms with Gasteiger partial charge in [-0.05, 0) is 29.5 Å². The molecule has 0 heterocycles. The van der Waals surface area contributed by atoms with Crippen molar-refractivity contribution in [1.82, 2.24) is 0 Å². The first-order chi connectivity index (χ1) is 7.90. The van der Waals surface area contributed by atoms with Crippen molar-refractivity contribution in [3.05, 3.63) is 29.8 Å². The predicted molar refractivity (Wildman–Crippen MR) is 78.9 cm³/mol. The van der Waals surface area contributed by atoms with E-state index in [0.717, 1.165) is 17.7 Å². The van der Waals surface area contributed by atoms with Gasteiger partial charge < -0.3 is 11.1 Å². The fraction of sp³-hybridized carbons (Fsp3) is 0.500. The van der Waals surface area contributed by atoms with Crippen LogP contribution in [-0.4, -0.2) is 5.91 Å². The zero-order chi connectivity index (χ0) is 12.9. The van der Waals surface area contributed by atoms with Crippen LogP contribution in [0.15, 0.2) is 24.3 Å². The second kappa shape index (κ2) is 7.39. The number of carbonyl (C=O) groups is 1. The monoisotopic (exact) mass is 270 g/mol. The van der Waals surface area contributed by atoms with E-state index in [4.69, 9.17) is 5.73 Å². The summed E-state index contributed by atoms with van der Waals surface area (Å²) in [6.07, 6.45) is 1.45. The molecule has 18 heavy (non-hydrogen) atoms. The van der Waals surface area contributed by atoms with E-state index in [1.165, 1.54) is 0 Å². The van der Waals surface area contributed by atoms with Crippen LogP contribution in [0.5, 0.6) is 0 Å². The maximum atomic E-state index is 11.7. The van der Waals surface area contributed by atoms with Gasteiger partial charge in [-0.1, -0.05) is 32.9 Å². The van der Waals surface area contributed by atoms with Gasteiger partial charge in [0, 0.05) is 18.7 Å². The first-order valence-corrected chi connectivity index (χ1v) is 5.99. The number of hydrogen-bond donors (Lipinski definition) is 2. The van der Waals surface area contributed by atoms with Gasteiger partial charge in [-0.25, -0.2) is 0 Å². The van der Waals surface area contributed by atoms with Crippen molar-refractivity contribution in [1.29, 1.82) is 0 Å². The van der Waals surface area contributed by atoms with E-state index >= 15 is 0 Å². The van der Waals surface area contributed by atoms with E-state index in [1.807, 2.05) is 24.3 Å². The van der Waals surface area contributed by atoms with E-state index in [-0.39, 0.29) is 23.7 Å². The molecular formula is C14H23ClN2O. The third-order valence-corrected chi connectivity index (χ3v) is 2.58. The number of rotatable bonds is 4. The molecule has 0 aliphatic heterocycles. The van der Waals surface area contributed by atoms with Crippen LogP contribution in [0.3, 0.4) is 0 Å². The summed E-state index contributed by atoms with van der Waals surface area (Å²) in [5.74, 6) is 0.0698. The van der Waals surface area contributed by atoms with Gasteiger partial charge in [-0.15, -0.1) is 12.4 Å². The lowest BCUT2D eigenvalue weighted by Gasteiger charge is -2.17. The summed E-state index contributed by atoms with van der Waals surface area (Å²) >= 11 is 0. The first-order valence-electron chi connectivity index (χ1n) is 5.99. The predicted octanol–water partition coefficient (Wildman–Crippen LogP) is 3.33. The number of amides is 1. The third-order valence-electron chi connectivity index (χ3n) is 2.58. The summed E-state index contributed by atoms with van der Waals surface area (Å²) < 4.78 is 0. The zero-order valence-electron chi connectivity index (χ0n) is 11.3. The SMILES string of the molecule is CC(C)(C)CCC(=O)Nc1ccc(CN)cc1.Cl. The molecule has 0 atom stereocenters. The van der Waals surface area contributed by atoms with Gasteiger partial charge in [0.1, 0.15) is 0 Å². The number of carbonyl (C=O) groups excluding carboxylic acids is 1. The van der Waals surface area contributed by atoms with Crippen molar-refractivity contribution in [2.45, 2.75) is 40.2 Å². The highest BCUT2D eigenvalue weighted by atomic mass is 35.5. The minimum absolute atomic E-state index is 0. The summed E-state index contributed by atoms with van der Waals surface area (Å²) in [6, 6.07) is 7.63. The van der Waals surface area contributed by atoms with Gasteiger partial charge in [0.15, 0.2) is 0 Å². The van der Waals surface area contributed by atoms with Crippen LogP contribution >= 0.6 is 12.4 Å². The van der Waals surface area contributed by atoms with Crippen molar-refractivity contribution < 1.29 is 4.79 Å². The summed E-state index contributed by atoms with van der Waals surface area (Å²) in [6.45, 7) is 6.93. The highest BCUT2D eigenvalue weighted by Gasteiger charge is 2.12. The van der Waals surface area contributed by atoms with Gasteiger partial charge in [0.05, 0.1) is 0 Å². The maximum absolute atomic E-state index is 11.7. The van der Waals surface area contributed by atoms with E-state index in [9.17, 15) is 4.79 Å². The van der Waals surface area contributed by atoms with Gasteiger partial charge >= 0.3 is 0 Å². The van der Waals surface area contributed by atoms with Crippen molar-refractivity contribution in [3.63, 3.8) is 0 Å². The van der Waals surface area contributed by atoms with Gasteiger partial charge in [0.25, 0.3) is 0 Å². The molecule has 0 radical (unpaired) electrons. The van der Waals surface area contributed by atoms with E-state index in [2.05, 4.69) is 26.1 Å². The number of benzene rings is 1. The van der Waals surface area contributed by atoms with Crippen LogP contribution in [0, 0.1) is 5.41 Å². The number of halogens is 1. The Morgan fingerprint density at radius 1 is 1.22 bits per heavy atom. The quantitative estimate of drug-likeness (QED) is 0.882. The Morgan fingerprint density at radius 3 is 2.22 bits per heavy atom. The lowest BCUT2D eigenvalue weighted by molar-refractivity contribution is -0.116. The summed E-state index contributed by atoms with van der Waals surface area (Å²) in [4.78, 5) is 11.7. The number of nitrogens with one attached hydrogen (secondary N) is 1. The average Bonchev–Trinajstić information content (AvgIpc) is 2.27. The van der Waals surface area contributed by atoms with Crippen molar-refractivity contribution >= 4 is 24.0 Å². The maximum Gasteiger partial charge on any atom is 0.224 e. The van der Waals surface area contributed by atoms with Crippen molar-refractivity contribution in [3.8, 4) is 0 Å². The Balaban J connectivity index is 0.00000289. The molecule has 4 heteroatoms. The summed E-state index contributed by atoms with van der Waals surface area (Å²) in [7, 11) is 0. The zero-order valence-corrected chi connectivity index (χ0v) is 12.1. The number of hydrogen-bond acceptors (Lipinski definition) is 2. The minimum atomic E-state index is 0. The van der Waals surface area contributed by atoms with Gasteiger partial charge in [-0.2, -0.15) is 0 Å². The Bertz CT molecular complexity index is 368. The molecule has 0 aliphatic rings. The van der Waals surface area contributed by atoms with Crippen LogP contribution in [0.4, 0.5) is 5.69 Å². The molecule has 0 saturated heterocycles. The molecule has 0 saturated carbocycles. The fourth-order valence-electron chi connectivity index (χ4n) is 1.44. The van der Waals surface area contributed by atoms with Gasteiger partial charge in [0.2, 0.25) is 5.91 Å². The molecule has 1 amide bonds. The Kier molecular flexibility index (Phi) is 6.96. The molecule has 0 aliphatic carbocycles. The third kappa shape index (κ3) is 6.62. The molecule has 0 unspecified atom stereocenters. The molecule has 0 bridgehead atoms. The van der Waals surface area contributed by atoms with Crippen LogP contribution in [-0.2, 0) is 11.3 Å². The fourth-order valence-corrected chi connectivity index (χ4v) is 1.44. The van der Waals surface area contributed by atoms with Crippen LogP contribution < -0.4 is 11.1 Å². The molecular weight excluding hydrogens is 248 g/mol. The average molecular weight is 271 g/mol. The number of nitrogens with two attached hydrogens (primary N) is 1. The molecule has 1 aromatic carbocycles.